The Morgan fingerprint density at radius 3 is 2.52 bits per heavy atom. The summed E-state index contributed by atoms with van der Waals surface area (Å²) in [6.07, 6.45) is 3.47. The van der Waals surface area contributed by atoms with E-state index < -0.39 is 0 Å². The lowest BCUT2D eigenvalue weighted by Gasteiger charge is -2.18. The summed E-state index contributed by atoms with van der Waals surface area (Å²) >= 11 is 0. The first-order valence-electron chi connectivity index (χ1n) is 7.76. The average Bonchev–Trinajstić information content (AvgIpc) is 2.99. The number of nitrogens with one attached hydrogen (secondary N) is 1. The van der Waals surface area contributed by atoms with Crippen LogP contribution in [0.25, 0.3) is 0 Å². The minimum Gasteiger partial charge on any atom is -0.339 e. The third-order valence-corrected chi connectivity index (χ3v) is 3.77. The Kier molecular flexibility index (Phi) is 5.37. The van der Waals surface area contributed by atoms with Crippen LogP contribution < -0.4 is 5.32 Å². The Balaban J connectivity index is 2.06. The molecule has 0 radical (unpaired) electrons. The van der Waals surface area contributed by atoms with E-state index in [1.807, 2.05) is 17.0 Å². The van der Waals surface area contributed by atoms with Gasteiger partial charge in [0.15, 0.2) is 0 Å². The molecule has 2 amide bonds. The molecule has 0 aliphatic carbocycles. The summed E-state index contributed by atoms with van der Waals surface area (Å²) in [5, 5.41) is 2.88. The highest BCUT2D eigenvalue weighted by molar-refractivity contribution is 6.03. The highest BCUT2D eigenvalue weighted by atomic mass is 16.2. The molecule has 114 valence electrons. The zero-order valence-corrected chi connectivity index (χ0v) is 12.9. The van der Waals surface area contributed by atoms with Gasteiger partial charge in [0, 0.05) is 19.5 Å². The van der Waals surface area contributed by atoms with Crippen LogP contribution in [-0.2, 0) is 4.79 Å². The Labute approximate surface area is 126 Å². The van der Waals surface area contributed by atoms with Crippen molar-refractivity contribution in [1.29, 1.82) is 0 Å². The number of rotatable bonds is 5. The van der Waals surface area contributed by atoms with Crippen LogP contribution in [0.15, 0.2) is 24.3 Å². The van der Waals surface area contributed by atoms with Gasteiger partial charge >= 0.3 is 0 Å². The van der Waals surface area contributed by atoms with Crippen molar-refractivity contribution in [2.24, 2.45) is 5.92 Å². The van der Waals surface area contributed by atoms with Crippen LogP contribution in [0.1, 0.15) is 49.9 Å². The maximum Gasteiger partial charge on any atom is 0.255 e. The molecular weight excluding hydrogens is 264 g/mol. The number of anilines is 1. The maximum absolute atomic E-state index is 12.5. The number of hydrogen-bond donors (Lipinski definition) is 1. The lowest BCUT2D eigenvalue weighted by molar-refractivity contribution is -0.116. The van der Waals surface area contributed by atoms with Gasteiger partial charge in [0.1, 0.15) is 0 Å². The van der Waals surface area contributed by atoms with E-state index in [1.54, 1.807) is 12.1 Å². The number of carbonyl (C=O) groups excluding carboxylic acids is 2. The molecule has 0 saturated carbocycles. The Hall–Kier alpha value is -1.84. The summed E-state index contributed by atoms with van der Waals surface area (Å²) in [6, 6.07) is 7.28. The lowest BCUT2D eigenvalue weighted by Crippen LogP contribution is -2.28. The molecule has 21 heavy (non-hydrogen) atoms. The zero-order valence-electron chi connectivity index (χ0n) is 12.9. The van der Waals surface area contributed by atoms with Gasteiger partial charge in [-0.05, 0) is 37.3 Å². The van der Waals surface area contributed by atoms with E-state index in [0.29, 0.717) is 23.6 Å². The minimum atomic E-state index is -0.0228. The first kappa shape index (κ1) is 15.5. The van der Waals surface area contributed by atoms with Crippen LogP contribution in [-0.4, -0.2) is 29.8 Å². The second-order valence-corrected chi connectivity index (χ2v) is 6.03. The molecule has 1 aliphatic heterocycles. The van der Waals surface area contributed by atoms with Gasteiger partial charge in [-0.25, -0.2) is 0 Å². The van der Waals surface area contributed by atoms with Crippen LogP contribution in [0, 0.1) is 5.92 Å². The SMILES string of the molecule is CC(C)CCC(=O)Nc1ccccc1C(=O)N1CCCC1. The van der Waals surface area contributed by atoms with Crippen molar-refractivity contribution in [1.82, 2.24) is 4.90 Å². The predicted octanol–water partition coefficient (Wildman–Crippen LogP) is 3.30. The molecule has 1 aromatic rings. The van der Waals surface area contributed by atoms with Gasteiger partial charge in [-0.2, -0.15) is 0 Å². The smallest absolute Gasteiger partial charge is 0.255 e. The van der Waals surface area contributed by atoms with Gasteiger partial charge in [0.05, 0.1) is 11.3 Å². The first-order valence-corrected chi connectivity index (χ1v) is 7.76. The third kappa shape index (κ3) is 4.31. The molecule has 1 fully saturated rings. The van der Waals surface area contributed by atoms with E-state index >= 15 is 0 Å². The number of likely N-dealkylation sites (tertiary alicyclic amines) is 1. The monoisotopic (exact) mass is 288 g/mol. The van der Waals surface area contributed by atoms with E-state index in [2.05, 4.69) is 19.2 Å². The minimum absolute atomic E-state index is 0.0206. The summed E-state index contributed by atoms with van der Waals surface area (Å²) in [7, 11) is 0. The molecule has 1 heterocycles. The molecule has 0 aromatic heterocycles. The number of carbonyl (C=O) groups is 2. The standard InChI is InChI=1S/C17H24N2O2/c1-13(2)9-10-16(20)18-15-8-4-3-7-14(15)17(21)19-11-5-6-12-19/h3-4,7-8,13H,5-6,9-12H2,1-2H3,(H,18,20). The van der Waals surface area contributed by atoms with Crippen LogP contribution in [0.4, 0.5) is 5.69 Å². The summed E-state index contributed by atoms with van der Waals surface area (Å²) in [5.41, 5.74) is 1.22. The van der Waals surface area contributed by atoms with Gasteiger partial charge in [-0.15, -0.1) is 0 Å². The number of para-hydroxylation sites is 1. The van der Waals surface area contributed by atoms with Crippen molar-refractivity contribution in [2.45, 2.75) is 39.5 Å². The van der Waals surface area contributed by atoms with Crippen molar-refractivity contribution < 1.29 is 9.59 Å². The van der Waals surface area contributed by atoms with Crippen LogP contribution in [0.2, 0.25) is 0 Å². The van der Waals surface area contributed by atoms with E-state index in [4.69, 9.17) is 0 Å². The molecule has 1 saturated heterocycles. The lowest BCUT2D eigenvalue weighted by atomic mass is 10.1. The van der Waals surface area contributed by atoms with Gasteiger partial charge < -0.3 is 10.2 Å². The van der Waals surface area contributed by atoms with Crippen molar-refractivity contribution in [3.63, 3.8) is 0 Å². The maximum atomic E-state index is 12.5. The predicted molar refractivity (Wildman–Crippen MR) is 84.3 cm³/mol. The van der Waals surface area contributed by atoms with Crippen LogP contribution >= 0.6 is 0 Å². The summed E-state index contributed by atoms with van der Waals surface area (Å²) in [4.78, 5) is 26.3. The molecule has 4 heteroatoms. The zero-order chi connectivity index (χ0) is 15.2. The molecule has 1 N–H and O–H groups in total. The van der Waals surface area contributed by atoms with Gasteiger partial charge in [0.2, 0.25) is 5.91 Å². The number of amides is 2. The van der Waals surface area contributed by atoms with E-state index in [0.717, 1.165) is 32.4 Å². The number of benzene rings is 1. The molecule has 0 unspecified atom stereocenters. The van der Waals surface area contributed by atoms with E-state index in [1.165, 1.54) is 0 Å². The third-order valence-electron chi connectivity index (χ3n) is 3.77. The van der Waals surface area contributed by atoms with E-state index in [9.17, 15) is 9.59 Å². The number of nitrogens with zero attached hydrogens (tertiary/aromatic N) is 1. The van der Waals surface area contributed by atoms with Crippen LogP contribution in [0.5, 0.6) is 0 Å². The molecule has 1 aromatic carbocycles. The number of hydrogen-bond acceptors (Lipinski definition) is 2. The Bertz CT molecular complexity index is 505. The Morgan fingerprint density at radius 2 is 1.86 bits per heavy atom. The summed E-state index contributed by atoms with van der Waals surface area (Å²) in [6.45, 7) is 5.82. The molecule has 0 bridgehead atoms. The quantitative estimate of drug-likeness (QED) is 0.903. The van der Waals surface area contributed by atoms with Gasteiger partial charge in [-0.3, -0.25) is 9.59 Å². The highest BCUT2D eigenvalue weighted by Gasteiger charge is 2.22. The summed E-state index contributed by atoms with van der Waals surface area (Å²) in [5.74, 6) is 0.495. The van der Waals surface area contributed by atoms with Gasteiger partial charge in [-0.1, -0.05) is 26.0 Å². The highest BCUT2D eigenvalue weighted by Crippen LogP contribution is 2.20. The van der Waals surface area contributed by atoms with E-state index in [-0.39, 0.29) is 11.8 Å². The fourth-order valence-electron chi connectivity index (χ4n) is 2.50. The van der Waals surface area contributed by atoms with Crippen molar-refractivity contribution in [3.05, 3.63) is 29.8 Å². The second-order valence-electron chi connectivity index (χ2n) is 6.03. The normalized spacial score (nSPS) is 14.5. The topological polar surface area (TPSA) is 49.4 Å². The molecule has 1 aliphatic rings. The summed E-state index contributed by atoms with van der Waals surface area (Å²) < 4.78 is 0. The molecular formula is C17H24N2O2. The van der Waals surface area contributed by atoms with Crippen molar-refractivity contribution in [2.75, 3.05) is 18.4 Å². The molecule has 0 atom stereocenters. The largest absolute Gasteiger partial charge is 0.339 e. The first-order chi connectivity index (χ1) is 10.1. The van der Waals surface area contributed by atoms with Crippen molar-refractivity contribution in [3.8, 4) is 0 Å². The fourth-order valence-corrected chi connectivity index (χ4v) is 2.50. The molecule has 4 nitrogen and oxygen atoms in total. The fraction of sp³-hybridized carbons (Fsp3) is 0.529. The average molecular weight is 288 g/mol. The molecule has 2 rings (SSSR count). The molecule has 0 spiro atoms. The van der Waals surface area contributed by atoms with Crippen molar-refractivity contribution >= 4 is 17.5 Å². The van der Waals surface area contributed by atoms with Crippen LogP contribution in [0.3, 0.4) is 0 Å². The second kappa shape index (κ2) is 7.25. The van der Waals surface area contributed by atoms with Gasteiger partial charge in [0.25, 0.3) is 5.91 Å². The Morgan fingerprint density at radius 1 is 1.19 bits per heavy atom.